The number of aromatic nitrogens is 3. The molecular formula is C22H19ClN4O5. The summed E-state index contributed by atoms with van der Waals surface area (Å²) in [5, 5.41) is 22.4. The number of nitrogens with zero attached hydrogens (tertiary/aromatic N) is 3. The van der Waals surface area contributed by atoms with Crippen molar-refractivity contribution in [3.63, 3.8) is 0 Å². The Labute approximate surface area is 188 Å². The van der Waals surface area contributed by atoms with Gasteiger partial charge in [-0.2, -0.15) is 0 Å². The first-order valence-electron chi connectivity index (χ1n) is 9.41. The van der Waals surface area contributed by atoms with Crippen molar-refractivity contribution < 1.29 is 24.1 Å². The number of methoxy groups -OCH3 is 3. The van der Waals surface area contributed by atoms with Crippen LogP contribution in [-0.4, -0.2) is 47.3 Å². The summed E-state index contributed by atoms with van der Waals surface area (Å²) in [4.78, 5) is 14.1. The number of rotatable bonds is 6. The number of anilines is 1. The van der Waals surface area contributed by atoms with Crippen LogP contribution in [0.25, 0.3) is 16.7 Å². The summed E-state index contributed by atoms with van der Waals surface area (Å²) in [6.45, 7) is 0. The zero-order valence-electron chi connectivity index (χ0n) is 17.4. The van der Waals surface area contributed by atoms with Gasteiger partial charge in [0.25, 0.3) is 5.91 Å². The highest BCUT2D eigenvalue weighted by molar-refractivity contribution is 6.31. The highest BCUT2D eigenvalue weighted by atomic mass is 35.5. The third kappa shape index (κ3) is 3.97. The van der Waals surface area contributed by atoms with E-state index in [1.165, 1.54) is 44.3 Å². The number of benzene rings is 3. The number of phenols is 1. The van der Waals surface area contributed by atoms with Gasteiger partial charge in [-0.25, -0.2) is 0 Å². The van der Waals surface area contributed by atoms with Crippen molar-refractivity contribution in [3.8, 4) is 28.7 Å². The van der Waals surface area contributed by atoms with E-state index in [-0.39, 0.29) is 5.75 Å². The predicted octanol–water partition coefficient (Wildman–Crippen LogP) is 4.06. The van der Waals surface area contributed by atoms with E-state index in [4.69, 9.17) is 25.8 Å². The van der Waals surface area contributed by atoms with Gasteiger partial charge in [-0.3, -0.25) is 4.79 Å². The van der Waals surface area contributed by atoms with Crippen molar-refractivity contribution in [1.29, 1.82) is 0 Å². The Morgan fingerprint density at radius 3 is 2.25 bits per heavy atom. The molecule has 9 nitrogen and oxygen atoms in total. The molecule has 1 aromatic heterocycles. The van der Waals surface area contributed by atoms with E-state index in [9.17, 15) is 9.90 Å². The lowest BCUT2D eigenvalue weighted by molar-refractivity contribution is 0.102. The molecular weight excluding hydrogens is 436 g/mol. The number of fused-ring (bicyclic) bond motifs is 1. The molecule has 0 spiro atoms. The van der Waals surface area contributed by atoms with Crippen LogP contribution < -0.4 is 19.5 Å². The third-order valence-electron chi connectivity index (χ3n) is 4.72. The van der Waals surface area contributed by atoms with Crippen molar-refractivity contribution >= 4 is 34.2 Å². The van der Waals surface area contributed by atoms with E-state index in [1.807, 2.05) is 0 Å². The molecule has 0 fully saturated rings. The van der Waals surface area contributed by atoms with Gasteiger partial charge >= 0.3 is 0 Å². The number of ether oxygens (including phenoxy) is 3. The summed E-state index contributed by atoms with van der Waals surface area (Å²) < 4.78 is 15.8. The second-order valence-corrected chi connectivity index (χ2v) is 7.13. The molecule has 4 aromatic rings. The van der Waals surface area contributed by atoms with E-state index in [2.05, 4.69) is 15.5 Å². The first-order valence-corrected chi connectivity index (χ1v) is 9.78. The van der Waals surface area contributed by atoms with Gasteiger partial charge in [-0.1, -0.05) is 11.6 Å². The molecule has 2 N–H and O–H groups in total. The molecule has 32 heavy (non-hydrogen) atoms. The molecule has 0 aliphatic heterocycles. The van der Waals surface area contributed by atoms with Crippen molar-refractivity contribution in [3.05, 3.63) is 59.1 Å². The number of halogens is 1. The third-order valence-corrected chi connectivity index (χ3v) is 4.95. The minimum atomic E-state index is -0.422. The molecule has 0 saturated heterocycles. The quantitative estimate of drug-likeness (QED) is 0.452. The molecule has 0 bridgehead atoms. The zero-order chi connectivity index (χ0) is 22.8. The maximum Gasteiger partial charge on any atom is 0.255 e. The van der Waals surface area contributed by atoms with Gasteiger partial charge in [0.2, 0.25) is 5.75 Å². The molecule has 0 atom stereocenters. The molecule has 0 radical (unpaired) electrons. The van der Waals surface area contributed by atoms with Crippen LogP contribution in [-0.2, 0) is 0 Å². The second kappa shape index (κ2) is 8.64. The molecule has 0 saturated carbocycles. The number of phenolic OH excluding ortho intramolecular Hbond substituents is 1. The first kappa shape index (κ1) is 21.3. The highest BCUT2D eigenvalue weighted by Crippen LogP contribution is 2.38. The Balaban J connectivity index is 1.60. The number of hydrogen-bond acceptors (Lipinski definition) is 7. The number of carbonyl (C=O) groups is 1. The van der Waals surface area contributed by atoms with Gasteiger partial charge in [0.15, 0.2) is 11.5 Å². The summed E-state index contributed by atoms with van der Waals surface area (Å²) in [6.07, 6.45) is 0. The van der Waals surface area contributed by atoms with Gasteiger partial charge < -0.3 is 24.6 Å². The number of hydrogen-bond donors (Lipinski definition) is 2. The molecule has 1 amide bonds. The molecule has 0 aliphatic rings. The largest absolute Gasteiger partial charge is 0.506 e. The lowest BCUT2D eigenvalue weighted by Crippen LogP contribution is -2.13. The van der Waals surface area contributed by atoms with Gasteiger partial charge in [0.05, 0.1) is 21.3 Å². The van der Waals surface area contributed by atoms with Crippen LogP contribution in [0.5, 0.6) is 23.0 Å². The average molecular weight is 455 g/mol. The number of nitrogens with one attached hydrogen (secondary N) is 1. The normalized spacial score (nSPS) is 10.8. The van der Waals surface area contributed by atoms with Crippen molar-refractivity contribution in [1.82, 2.24) is 15.0 Å². The molecule has 4 rings (SSSR count). The summed E-state index contributed by atoms with van der Waals surface area (Å²) in [5.41, 5.74) is 2.25. The lowest BCUT2D eigenvalue weighted by Gasteiger charge is -2.14. The zero-order valence-corrected chi connectivity index (χ0v) is 18.2. The van der Waals surface area contributed by atoms with E-state index in [0.717, 1.165) is 0 Å². The van der Waals surface area contributed by atoms with Gasteiger partial charge in [-0.15, -0.1) is 15.0 Å². The average Bonchev–Trinajstić information content (AvgIpc) is 3.20. The monoisotopic (exact) mass is 454 g/mol. The van der Waals surface area contributed by atoms with Crippen LogP contribution in [0.15, 0.2) is 48.5 Å². The van der Waals surface area contributed by atoms with E-state index >= 15 is 0 Å². The maximum atomic E-state index is 12.8. The Bertz CT molecular complexity index is 1300. The number of carbonyl (C=O) groups excluding carboxylic acids is 1. The summed E-state index contributed by atoms with van der Waals surface area (Å²) in [5.74, 6) is 0.557. The smallest absolute Gasteiger partial charge is 0.255 e. The van der Waals surface area contributed by atoms with Gasteiger partial charge in [0, 0.05) is 22.3 Å². The standard InChI is InChI=1S/C22H19ClN4O5/c1-30-19-8-12(9-20(31-2)21(19)32-3)22(29)24-14-5-7-17(18(28)11-14)27-25-15-6-4-13(23)10-16(15)26-27/h4-11,28H,1-3H3,(H,24,29). The fraction of sp³-hybridized carbons (Fsp3) is 0.136. The summed E-state index contributed by atoms with van der Waals surface area (Å²) in [7, 11) is 4.42. The molecule has 164 valence electrons. The molecule has 1 heterocycles. The molecule has 0 aliphatic carbocycles. The van der Waals surface area contributed by atoms with Crippen LogP contribution in [0, 0.1) is 0 Å². The van der Waals surface area contributed by atoms with Gasteiger partial charge in [-0.05, 0) is 42.5 Å². The minimum absolute atomic E-state index is 0.112. The van der Waals surface area contributed by atoms with E-state index in [0.29, 0.717) is 50.2 Å². The Morgan fingerprint density at radius 1 is 0.938 bits per heavy atom. The number of amides is 1. The minimum Gasteiger partial charge on any atom is -0.506 e. The summed E-state index contributed by atoms with van der Waals surface area (Å²) >= 11 is 5.99. The van der Waals surface area contributed by atoms with Gasteiger partial charge in [0.1, 0.15) is 22.5 Å². The number of aromatic hydroxyl groups is 1. The van der Waals surface area contributed by atoms with E-state index in [1.54, 1.807) is 30.3 Å². The fourth-order valence-corrected chi connectivity index (χ4v) is 3.35. The van der Waals surface area contributed by atoms with Crippen molar-refractivity contribution in [2.45, 2.75) is 0 Å². The maximum absolute atomic E-state index is 12.8. The first-order chi connectivity index (χ1) is 15.4. The Hall–Kier alpha value is -3.98. The molecule has 3 aromatic carbocycles. The Kier molecular flexibility index (Phi) is 5.74. The van der Waals surface area contributed by atoms with E-state index < -0.39 is 5.91 Å². The highest BCUT2D eigenvalue weighted by Gasteiger charge is 2.18. The van der Waals surface area contributed by atoms with Crippen LogP contribution in [0.2, 0.25) is 5.02 Å². The molecule has 10 heteroatoms. The molecule has 0 unspecified atom stereocenters. The predicted molar refractivity (Wildman–Crippen MR) is 120 cm³/mol. The second-order valence-electron chi connectivity index (χ2n) is 6.69. The lowest BCUT2D eigenvalue weighted by atomic mass is 10.1. The SMILES string of the molecule is COc1cc(C(=O)Nc2ccc(-n3nc4ccc(Cl)cc4n3)c(O)c2)cc(OC)c1OC. The van der Waals surface area contributed by atoms with Crippen LogP contribution in [0.1, 0.15) is 10.4 Å². The van der Waals surface area contributed by atoms with Crippen LogP contribution in [0.3, 0.4) is 0 Å². The fourth-order valence-electron chi connectivity index (χ4n) is 3.18. The van der Waals surface area contributed by atoms with Crippen LogP contribution >= 0.6 is 11.6 Å². The van der Waals surface area contributed by atoms with Crippen molar-refractivity contribution in [2.24, 2.45) is 0 Å². The topological polar surface area (TPSA) is 108 Å². The Morgan fingerprint density at radius 2 is 1.62 bits per heavy atom. The van der Waals surface area contributed by atoms with Crippen LogP contribution in [0.4, 0.5) is 5.69 Å². The summed E-state index contributed by atoms with van der Waals surface area (Å²) in [6, 6.07) is 12.8. The van der Waals surface area contributed by atoms with Crippen molar-refractivity contribution in [2.75, 3.05) is 26.6 Å².